The van der Waals surface area contributed by atoms with Crippen molar-refractivity contribution in [3.63, 3.8) is 0 Å². The molecule has 0 radical (unpaired) electrons. The molecular formula is C20H25N3. The second kappa shape index (κ2) is 6.95. The van der Waals surface area contributed by atoms with Crippen molar-refractivity contribution < 1.29 is 0 Å². The third kappa shape index (κ3) is 3.98. The Labute approximate surface area is 139 Å². The fourth-order valence-electron chi connectivity index (χ4n) is 3.08. The number of anilines is 1. The fraction of sp³-hybridized carbons (Fsp3) is 0.400. The largest absolute Gasteiger partial charge is 0.371 e. The molecule has 3 rings (SSSR count). The van der Waals surface area contributed by atoms with E-state index in [2.05, 4.69) is 66.2 Å². The molecule has 1 aliphatic heterocycles. The third-order valence-electron chi connectivity index (χ3n) is 4.18. The second-order valence-corrected chi connectivity index (χ2v) is 6.79. The van der Waals surface area contributed by atoms with Gasteiger partial charge in [0.05, 0.1) is 11.4 Å². The van der Waals surface area contributed by atoms with Gasteiger partial charge in [-0.15, -0.1) is 0 Å². The number of azo groups is 1. The van der Waals surface area contributed by atoms with Gasteiger partial charge in [-0.2, -0.15) is 10.2 Å². The second-order valence-electron chi connectivity index (χ2n) is 6.79. The number of benzene rings is 2. The number of aryl methyl sites for hydroxylation is 2. The smallest absolute Gasteiger partial charge is 0.0861 e. The highest BCUT2D eigenvalue weighted by molar-refractivity contribution is 5.60. The maximum atomic E-state index is 4.41. The van der Waals surface area contributed by atoms with Crippen LogP contribution in [0.4, 0.5) is 17.1 Å². The molecule has 0 aromatic heterocycles. The van der Waals surface area contributed by atoms with E-state index in [1.807, 2.05) is 12.1 Å². The van der Waals surface area contributed by atoms with Gasteiger partial charge in [0.15, 0.2) is 0 Å². The van der Waals surface area contributed by atoms with Crippen molar-refractivity contribution in [3.8, 4) is 0 Å². The van der Waals surface area contributed by atoms with E-state index in [4.69, 9.17) is 0 Å². The summed E-state index contributed by atoms with van der Waals surface area (Å²) in [5, 5.41) is 8.75. The quantitative estimate of drug-likeness (QED) is 0.654. The maximum Gasteiger partial charge on any atom is 0.0861 e. The van der Waals surface area contributed by atoms with E-state index < -0.39 is 0 Å². The molecule has 2 aromatic carbocycles. The number of hydrogen-bond acceptors (Lipinski definition) is 3. The van der Waals surface area contributed by atoms with Crippen LogP contribution in [0.2, 0.25) is 0 Å². The fourth-order valence-corrected chi connectivity index (χ4v) is 3.08. The Morgan fingerprint density at radius 2 is 1.70 bits per heavy atom. The van der Waals surface area contributed by atoms with Crippen LogP contribution in [0.25, 0.3) is 0 Å². The maximum absolute atomic E-state index is 4.41. The van der Waals surface area contributed by atoms with Gasteiger partial charge in [0.1, 0.15) is 0 Å². The SMILES string of the molecule is Cc1ccc(N=Nc2ccc3c(c2)CCCN3CC(C)C)cc1. The van der Waals surface area contributed by atoms with Crippen LogP contribution in [-0.4, -0.2) is 13.1 Å². The van der Waals surface area contributed by atoms with Crippen molar-refractivity contribution in [1.82, 2.24) is 0 Å². The molecule has 0 bridgehead atoms. The Balaban J connectivity index is 1.79. The van der Waals surface area contributed by atoms with Gasteiger partial charge in [0.25, 0.3) is 0 Å². The minimum atomic E-state index is 0.682. The van der Waals surface area contributed by atoms with E-state index in [0.717, 1.165) is 30.9 Å². The first-order valence-electron chi connectivity index (χ1n) is 8.48. The molecule has 23 heavy (non-hydrogen) atoms. The van der Waals surface area contributed by atoms with Crippen molar-refractivity contribution >= 4 is 17.1 Å². The Bertz CT molecular complexity index is 687. The summed E-state index contributed by atoms with van der Waals surface area (Å²) in [4.78, 5) is 2.50. The Morgan fingerprint density at radius 3 is 2.43 bits per heavy atom. The van der Waals surface area contributed by atoms with Crippen molar-refractivity contribution in [2.45, 2.75) is 33.6 Å². The van der Waals surface area contributed by atoms with E-state index in [9.17, 15) is 0 Å². The number of rotatable bonds is 4. The van der Waals surface area contributed by atoms with E-state index >= 15 is 0 Å². The van der Waals surface area contributed by atoms with E-state index in [1.54, 1.807) is 0 Å². The zero-order valence-electron chi connectivity index (χ0n) is 14.3. The topological polar surface area (TPSA) is 28.0 Å². The molecule has 1 aliphatic rings. The minimum Gasteiger partial charge on any atom is -0.371 e. The Kier molecular flexibility index (Phi) is 4.75. The lowest BCUT2D eigenvalue weighted by atomic mass is 10.00. The molecule has 120 valence electrons. The molecule has 0 atom stereocenters. The molecular weight excluding hydrogens is 282 g/mol. The summed E-state index contributed by atoms with van der Waals surface area (Å²) in [6.45, 7) is 8.91. The molecule has 2 aromatic rings. The normalized spacial score (nSPS) is 14.5. The Morgan fingerprint density at radius 1 is 1.00 bits per heavy atom. The zero-order chi connectivity index (χ0) is 16.2. The van der Waals surface area contributed by atoms with Crippen LogP contribution in [-0.2, 0) is 6.42 Å². The van der Waals surface area contributed by atoms with Crippen LogP contribution in [0.5, 0.6) is 0 Å². The molecule has 1 heterocycles. The summed E-state index contributed by atoms with van der Waals surface area (Å²) >= 11 is 0. The molecule has 0 saturated carbocycles. The lowest BCUT2D eigenvalue weighted by Crippen LogP contribution is -2.32. The predicted octanol–water partition coefficient (Wildman–Crippen LogP) is 5.82. The van der Waals surface area contributed by atoms with Gasteiger partial charge in [-0.05, 0) is 61.6 Å². The van der Waals surface area contributed by atoms with Gasteiger partial charge in [0.2, 0.25) is 0 Å². The molecule has 3 heteroatoms. The molecule has 0 amide bonds. The Hall–Kier alpha value is -2.16. The van der Waals surface area contributed by atoms with E-state index in [1.165, 1.54) is 23.2 Å². The van der Waals surface area contributed by atoms with Gasteiger partial charge in [-0.25, -0.2) is 0 Å². The summed E-state index contributed by atoms with van der Waals surface area (Å²) < 4.78 is 0. The van der Waals surface area contributed by atoms with Gasteiger partial charge < -0.3 is 4.90 Å². The average molecular weight is 307 g/mol. The summed E-state index contributed by atoms with van der Waals surface area (Å²) in [6, 6.07) is 14.6. The van der Waals surface area contributed by atoms with Crippen molar-refractivity contribution in [2.75, 3.05) is 18.0 Å². The van der Waals surface area contributed by atoms with Crippen molar-refractivity contribution in [3.05, 3.63) is 53.6 Å². The first-order chi connectivity index (χ1) is 11.1. The summed E-state index contributed by atoms with van der Waals surface area (Å²) in [7, 11) is 0. The minimum absolute atomic E-state index is 0.682. The highest BCUT2D eigenvalue weighted by atomic mass is 15.1. The highest BCUT2D eigenvalue weighted by Gasteiger charge is 2.17. The first-order valence-corrected chi connectivity index (χ1v) is 8.48. The standard InChI is InChI=1S/C20H25N3/c1-15(2)14-23-12-4-5-17-13-19(10-11-20(17)23)22-21-18-8-6-16(3)7-9-18/h6-11,13,15H,4-5,12,14H2,1-3H3. The van der Waals surface area contributed by atoms with Crippen LogP contribution in [0.15, 0.2) is 52.7 Å². The summed E-state index contributed by atoms with van der Waals surface area (Å²) in [6.07, 6.45) is 2.36. The van der Waals surface area contributed by atoms with Gasteiger partial charge >= 0.3 is 0 Å². The molecule has 0 unspecified atom stereocenters. The zero-order valence-corrected chi connectivity index (χ0v) is 14.3. The van der Waals surface area contributed by atoms with Crippen LogP contribution >= 0.6 is 0 Å². The van der Waals surface area contributed by atoms with Crippen LogP contribution in [0.3, 0.4) is 0 Å². The predicted molar refractivity (Wildman–Crippen MR) is 97.2 cm³/mol. The number of hydrogen-bond donors (Lipinski definition) is 0. The van der Waals surface area contributed by atoms with Crippen molar-refractivity contribution in [2.24, 2.45) is 16.1 Å². The van der Waals surface area contributed by atoms with Crippen LogP contribution in [0.1, 0.15) is 31.4 Å². The number of nitrogens with zero attached hydrogens (tertiary/aromatic N) is 3. The van der Waals surface area contributed by atoms with Crippen LogP contribution in [0, 0.1) is 12.8 Å². The van der Waals surface area contributed by atoms with Gasteiger partial charge in [-0.1, -0.05) is 31.5 Å². The van der Waals surface area contributed by atoms with E-state index in [-0.39, 0.29) is 0 Å². The monoisotopic (exact) mass is 307 g/mol. The molecule has 0 fully saturated rings. The van der Waals surface area contributed by atoms with Crippen molar-refractivity contribution in [1.29, 1.82) is 0 Å². The van der Waals surface area contributed by atoms with E-state index in [0.29, 0.717) is 5.92 Å². The van der Waals surface area contributed by atoms with Crippen LogP contribution < -0.4 is 4.90 Å². The molecule has 0 N–H and O–H groups in total. The van der Waals surface area contributed by atoms with Gasteiger partial charge in [0, 0.05) is 18.8 Å². The molecule has 0 spiro atoms. The molecule has 0 saturated heterocycles. The number of fused-ring (bicyclic) bond motifs is 1. The van der Waals surface area contributed by atoms with Gasteiger partial charge in [-0.3, -0.25) is 0 Å². The summed E-state index contributed by atoms with van der Waals surface area (Å²) in [5.74, 6) is 0.682. The lowest BCUT2D eigenvalue weighted by molar-refractivity contribution is 0.585. The highest BCUT2D eigenvalue weighted by Crippen LogP contribution is 2.31. The first kappa shape index (κ1) is 15.7. The average Bonchev–Trinajstić information content (AvgIpc) is 2.54. The third-order valence-corrected chi connectivity index (χ3v) is 4.18. The summed E-state index contributed by atoms with van der Waals surface area (Å²) in [5.41, 5.74) is 5.85. The molecule has 0 aliphatic carbocycles. The molecule has 3 nitrogen and oxygen atoms in total. The lowest BCUT2D eigenvalue weighted by Gasteiger charge is -2.32.